The lowest BCUT2D eigenvalue weighted by atomic mass is 10.2. The van der Waals surface area contributed by atoms with Crippen LogP contribution in [0.15, 0.2) is 6.07 Å². The van der Waals surface area contributed by atoms with E-state index < -0.39 is 40.5 Å². The van der Waals surface area contributed by atoms with Crippen LogP contribution in [0.1, 0.15) is 22.3 Å². The van der Waals surface area contributed by atoms with E-state index in [0.29, 0.717) is 0 Å². The Bertz CT molecular complexity index is 517. The molecule has 0 aliphatic carbocycles. The molecule has 0 amide bonds. The van der Waals surface area contributed by atoms with Gasteiger partial charge in [-0.3, -0.25) is 4.79 Å². The number of pyridine rings is 1. The maximum absolute atomic E-state index is 12.5. The lowest BCUT2D eigenvalue weighted by Crippen LogP contribution is -2.19. The van der Waals surface area contributed by atoms with E-state index in [1.54, 1.807) is 0 Å². The molecule has 104 valence electrons. The van der Waals surface area contributed by atoms with Crippen molar-refractivity contribution in [2.45, 2.75) is 12.8 Å². The van der Waals surface area contributed by atoms with Crippen LogP contribution in [0, 0.1) is 10.1 Å². The number of nitro groups is 1. The van der Waals surface area contributed by atoms with Gasteiger partial charge in [0.25, 0.3) is 6.43 Å². The molecule has 0 saturated carbocycles. The third-order valence-electron chi connectivity index (χ3n) is 1.77. The van der Waals surface area contributed by atoms with E-state index in [-0.39, 0.29) is 12.4 Å². The SMILES string of the molecule is O=Cc1cc(C(F)F)c([N+](=O)[O-])nc1OC(F)(F)F. The first-order chi connectivity index (χ1) is 8.65. The molecule has 0 radical (unpaired) electrons. The molecule has 0 fully saturated rings. The second kappa shape index (κ2) is 5.12. The van der Waals surface area contributed by atoms with Crippen molar-refractivity contribution in [3.8, 4) is 5.88 Å². The molecule has 1 heterocycles. The first kappa shape index (κ1) is 14.7. The third-order valence-corrected chi connectivity index (χ3v) is 1.77. The number of ether oxygens (including phenoxy) is 1. The van der Waals surface area contributed by atoms with Crippen molar-refractivity contribution in [1.29, 1.82) is 0 Å². The van der Waals surface area contributed by atoms with Crippen molar-refractivity contribution in [1.82, 2.24) is 4.98 Å². The molecule has 0 bridgehead atoms. The number of carbonyl (C=O) groups is 1. The van der Waals surface area contributed by atoms with Crippen LogP contribution in [-0.4, -0.2) is 22.6 Å². The summed E-state index contributed by atoms with van der Waals surface area (Å²) in [6.07, 6.45) is -8.89. The fourth-order valence-corrected chi connectivity index (χ4v) is 1.10. The van der Waals surface area contributed by atoms with Gasteiger partial charge in [-0.2, -0.15) is 0 Å². The zero-order valence-electron chi connectivity index (χ0n) is 8.65. The summed E-state index contributed by atoms with van der Waals surface area (Å²) < 4.78 is 64.0. The van der Waals surface area contributed by atoms with Gasteiger partial charge in [-0.15, -0.1) is 13.2 Å². The Labute approximate surface area is 101 Å². The van der Waals surface area contributed by atoms with Crippen LogP contribution in [0.2, 0.25) is 0 Å². The van der Waals surface area contributed by atoms with Crippen LogP contribution in [0.5, 0.6) is 5.88 Å². The number of nitrogens with zero attached hydrogens (tertiary/aromatic N) is 2. The molecular formula is C8H3F5N2O4. The number of rotatable bonds is 4. The Morgan fingerprint density at radius 3 is 2.37 bits per heavy atom. The Morgan fingerprint density at radius 1 is 1.42 bits per heavy atom. The van der Waals surface area contributed by atoms with E-state index >= 15 is 0 Å². The number of hydrogen-bond donors (Lipinski definition) is 0. The van der Waals surface area contributed by atoms with Gasteiger partial charge in [-0.1, -0.05) is 0 Å². The summed E-state index contributed by atoms with van der Waals surface area (Å²) in [5.74, 6) is -2.97. The zero-order chi connectivity index (χ0) is 14.8. The van der Waals surface area contributed by atoms with E-state index in [0.717, 1.165) is 0 Å². The number of aldehydes is 1. The van der Waals surface area contributed by atoms with Gasteiger partial charge in [-0.05, 0) is 11.0 Å². The molecule has 0 aliphatic rings. The molecule has 0 aliphatic heterocycles. The highest BCUT2D eigenvalue weighted by Crippen LogP contribution is 2.33. The van der Waals surface area contributed by atoms with Gasteiger partial charge >= 0.3 is 18.1 Å². The summed E-state index contributed by atoms with van der Waals surface area (Å²) in [5, 5.41) is 10.4. The quantitative estimate of drug-likeness (QED) is 0.368. The minimum absolute atomic E-state index is 0.226. The molecule has 0 aromatic carbocycles. The summed E-state index contributed by atoms with van der Waals surface area (Å²) in [6.45, 7) is 0. The monoisotopic (exact) mass is 286 g/mol. The summed E-state index contributed by atoms with van der Waals surface area (Å²) in [4.78, 5) is 22.2. The van der Waals surface area contributed by atoms with Gasteiger partial charge in [-0.25, -0.2) is 8.78 Å². The van der Waals surface area contributed by atoms with E-state index in [4.69, 9.17) is 0 Å². The fourth-order valence-electron chi connectivity index (χ4n) is 1.10. The van der Waals surface area contributed by atoms with Gasteiger partial charge in [0.05, 0.1) is 0 Å². The molecule has 0 spiro atoms. The minimum atomic E-state index is -5.27. The van der Waals surface area contributed by atoms with Crippen LogP contribution in [0.4, 0.5) is 27.8 Å². The standard InChI is InChI=1S/C8H3F5N2O4/c9-5(10)4-1-3(2-16)7(19-8(11,12)13)14-6(4)15(17)18/h1-2,5H. The van der Waals surface area contributed by atoms with Gasteiger partial charge in [0.1, 0.15) is 11.1 Å². The van der Waals surface area contributed by atoms with Crippen molar-refractivity contribution in [3.63, 3.8) is 0 Å². The topological polar surface area (TPSA) is 82.3 Å². The number of hydrogen-bond acceptors (Lipinski definition) is 5. The largest absolute Gasteiger partial charge is 0.575 e. The molecule has 0 atom stereocenters. The summed E-state index contributed by atoms with van der Waals surface area (Å²) in [7, 11) is 0. The van der Waals surface area contributed by atoms with Crippen LogP contribution in [0.25, 0.3) is 0 Å². The van der Waals surface area contributed by atoms with Crippen LogP contribution >= 0.6 is 0 Å². The maximum Gasteiger partial charge on any atom is 0.575 e. The van der Waals surface area contributed by atoms with Crippen molar-refractivity contribution >= 4 is 12.1 Å². The predicted octanol–water partition coefficient (Wildman–Crippen LogP) is 2.64. The van der Waals surface area contributed by atoms with Gasteiger partial charge < -0.3 is 14.9 Å². The highest BCUT2D eigenvalue weighted by molar-refractivity contribution is 5.79. The summed E-state index contributed by atoms with van der Waals surface area (Å²) in [6, 6.07) is 0.226. The zero-order valence-corrected chi connectivity index (χ0v) is 8.65. The van der Waals surface area contributed by atoms with E-state index in [2.05, 4.69) is 9.72 Å². The van der Waals surface area contributed by atoms with E-state index in [1.165, 1.54) is 0 Å². The molecule has 1 rings (SSSR count). The smallest absolute Gasteiger partial charge is 0.366 e. The van der Waals surface area contributed by atoms with Crippen LogP contribution in [0.3, 0.4) is 0 Å². The maximum atomic E-state index is 12.5. The number of carbonyl (C=O) groups excluding carboxylic acids is 1. The van der Waals surface area contributed by atoms with Crippen LogP contribution < -0.4 is 4.74 Å². The normalized spacial score (nSPS) is 11.5. The fraction of sp³-hybridized carbons (Fsp3) is 0.250. The molecule has 11 heteroatoms. The molecule has 0 N–H and O–H groups in total. The first-order valence-electron chi connectivity index (χ1n) is 4.34. The summed E-state index contributed by atoms with van der Waals surface area (Å²) >= 11 is 0. The van der Waals surface area contributed by atoms with Crippen molar-refractivity contribution in [3.05, 3.63) is 27.3 Å². The van der Waals surface area contributed by atoms with Crippen molar-refractivity contribution in [2.24, 2.45) is 0 Å². The Kier molecular flexibility index (Phi) is 3.97. The van der Waals surface area contributed by atoms with Gasteiger partial charge in [0, 0.05) is 4.98 Å². The lowest BCUT2D eigenvalue weighted by molar-refractivity contribution is -0.391. The number of halogens is 5. The predicted molar refractivity (Wildman–Crippen MR) is 47.9 cm³/mol. The molecular weight excluding hydrogens is 283 g/mol. The first-order valence-corrected chi connectivity index (χ1v) is 4.34. The molecule has 19 heavy (non-hydrogen) atoms. The van der Waals surface area contributed by atoms with E-state index in [9.17, 15) is 36.9 Å². The van der Waals surface area contributed by atoms with E-state index in [1.807, 2.05) is 0 Å². The van der Waals surface area contributed by atoms with Crippen molar-refractivity contribution < 1.29 is 36.4 Å². The highest BCUT2D eigenvalue weighted by atomic mass is 19.4. The third kappa shape index (κ3) is 3.56. The molecule has 1 aromatic rings. The second-order valence-electron chi connectivity index (χ2n) is 3.02. The van der Waals surface area contributed by atoms with Crippen molar-refractivity contribution in [2.75, 3.05) is 0 Å². The molecule has 6 nitrogen and oxygen atoms in total. The molecule has 0 saturated heterocycles. The summed E-state index contributed by atoms with van der Waals surface area (Å²) in [5.41, 5.74) is -2.25. The number of alkyl halides is 5. The van der Waals surface area contributed by atoms with Gasteiger partial charge in [0.2, 0.25) is 0 Å². The van der Waals surface area contributed by atoms with Gasteiger partial charge in [0.15, 0.2) is 6.29 Å². The Morgan fingerprint density at radius 2 is 2.00 bits per heavy atom. The molecule has 1 aromatic heterocycles. The Balaban J connectivity index is 3.44. The minimum Gasteiger partial charge on any atom is -0.366 e. The highest BCUT2D eigenvalue weighted by Gasteiger charge is 2.37. The lowest BCUT2D eigenvalue weighted by Gasteiger charge is -2.08. The molecule has 0 unspecified atom stereocenters. The number of aromatic nitrogens is 1. The average Bonchev–Trinajstić information content (AvgIpc) is 2.25. The average molecular weight is 286 g/mol. The second-order valence-corrected chi connectivity index (χ2v) is 3.02. The Hall–Kier alpha value is -2.33. The van der Waals surface area contributed by atoms with Crippen LogP contribution in [-0.2, 0) is 0 Å².